The average Bonchev–Trinajstić information content (AvgIpc) is 2.76. The van der Waals surface area contributed by atoms with Gasteiger partial charge in [-0.2, -0.15) is 0 Å². The Morgan fingerprint density at radius 2 is 1.87 bits per heavy atom. The molecule has 2 N–H and O–H groups in total. The van der Waals surface area contributed by atoms with Gasteiger partial charge in [0, 0.05) is 25.0 Å². The molecule has 3 rings (SSSR count). The molecule has 2 aromatic carbocycles. The van der Waals surface area contributed by atoms with Crippen LogP contribution in [0.25, 0.3) is 0 Å². The SMILES string of the molecule is CNC(=O)c1cc(Oc2ccc(NC(=O)OCc3ccc(Cl)c(F)c3)c(C)c2)ccn1. The minimum absolute atomic E-state index is 0.00255. The maximum Gasteiger partial charge on any atom is 0.411 e. The summed E-state index contributed by atoms with van der Waals surface area (Å²) in [5.74, 6) is 0.0673. The lowest BCUT2D eigenvalue weighted by molar-refractivity contribution is 0.0957. The number of nitrogens with zero attached hydrogens (tertiary/aromatic N) is 1. The smallest absolute Gasteiger partial charge is 0.411 e. The zero-order valence-corrected chi connectivity index (χ0v) is 17.5. The first-order chi connectivity index (χ1) is 14.9. The van der Waals surface area contributed by atoms with Crippen molar-refractivity contribution in [2.24, 2.45) is 0 Å². The Morgan fingerprint density at radius 1 is 1.10 bits per heavy atom. The van der Waals surface area contributed by atoms with Gasteiger partial charge in [-0.15, -0.1) is 0 Å². The van der Waals surface area contributed by atoms with E-state index in [9.17, 15) is 14.0 Å². The van der Waals surface area contributed by atoms with E-state index >= 15 is 0 Å². The highest BCUT2D eigenvalue weighted by Gasteiger charge is 2.10. The number of rotatable bonds is 6. The Balaban J connectivity index is 1.60. The van der Waals surface area contributed by atoms with Crippen LogP contribution in [0.2, 0.25) is 5.02 Å². The summed E-state index contributed by atoms with van der Waals surface area (Å²) in [6, 6.07) is 12.4. The molecule has 0 atom stereocenters. The van der Waals surface area contributed by atoms with Crippen LogP contribution in [0.4, 0.5) is 14.9 Å². The van der Waals surface area contributed by atoms with Crippen molar-refractivity contribution in [3.63, 3.8) is 0 Å². The van der Waals surface area contributed by atoms with Crippen LogP contribution in [0.1, 0.15) is 21.6 Å². The second-order valence-electron chi connectivity index (χ2n) is 6.48. The molecule has 7 nitrogen and oxygen atoms in total. The molecule has 0 bridgehead atoms. The van der Waals surface area contributed by atoms with Gasteiger partial charge in [0.2, 0.25) is 0 Å². The Morgan fingerprint density at radius 3 is 2.58 bits per heavy atom. The van der Waals surface area contributed by atoms with E-state index in [0.29, 0.717) is 22.7 Å². The minimum Gasteiger partial charge on any atom is -0.457 e. The number of hydrogen-bond donors (Lipinski definition) is 2. The first-order valence-electron chi connectivity index (χ1n) is 9.20. The molecular weight excluding hydrogens is 425 g/mol. The van der Waals surface area contributed by atoms with E-state index in [1.807, 2.05) is 0 Å². The maximum absolute atomic E-state index is 13.5. The number of carbonyl (C=O) groups is 2. The van der Waals surface area contributed by atoms with E-state index in [2.05, 4.69) is 15.6 Å². The first kappa shape index (κ1) is 22.0. The summed E-state index contributed by atoms with van der Waals surface area (Å²) in [4.78, 5) is 27.7. The van der Waals surface area contributed by atoms with Gasteiger partial charge in [0.25, 0.3) is 5.91 Å². The standard InChI is InChI=1S/C22H19ClFN3O4/c1-13-9-15(31-16-7-8-26-20(11-16)21(28)25-2)4-6-19(13)27-22(29)30-12-14-3-5-17(23)18(24)10-14/h3-11H,12H2,1-2H3,(H,25,28)(H,27,29). The lowest BCUT2D eigenvalue weighted by Gasteiger charge is -2.12. The van der Waals surface area contributed by atoms with Crippen LogP contribution in [0.15, 0.2) is 54.7 Å². The second-order valence-corrected chi connectivity index (χ2v) is 6.89. The fourth-order valence-electron chi connectivity index (χ4n) is 2.63. The predicted molar refractivity (Wildman–Crippen MR) is 114 cm³/mol. The number of ether oxygens (including phenoxy) is 2. The zero-order valence-electron chi connectivity index (χ0n) is 16.7. The third-order valence-electron chi connectivity index (χ3n) is 4.22. The molecule has 31 heavy (non-hydrogen) atoms. The van der Waals surface area contributed by atoms with E-state index in [4.69, 9.17) is 21.1 Å². The monoisotopic (exact) mass is 443 g/mol. The van der Waals surface area contributed by atoms with Crippen LogP contribution in [0.3, 0.4) is 0 Å². The number of anilines is 1. The number of nitrogens with one attached hydrogen (secondary N) is 2. The molecule has 2 amide bonds. The van der Waals surface area contributed by atoms with E-state index in [1.165, 1.54) is 31.4 Å². The molecule has 9 heteroatoms. The predicted octanol–water partition coefficient (Wildman–Crippen LogP) is 5.08. The van der Waals surface area contributed by atoms with Crippen LogP contribution in [0.5, 0.6) is 11.5 Å². The van der Waals surface area contributed by atoms with Gasteiger partial charge in [-0.1, -0.05) is 17.7 Å². The quantitative estimate of drug-likeness (QED) is 0.554. The van der Waals surface area contributed by atoms with Crippen molar-refractivity contribution in [2.75, 3.05) is 12.4 Å². The number of carbonyl (C=O) groups excluding carboxylic acids is 2. The summed E-state index contributed by atoms with van der Waals surface area (Å²) in [6.45, 7) is 1.69. The molecule has 3 aromatic rings. The van der Waals surface area contributed by atoms with E-state index < -0.39 is 11.9 Å². The third-order valence-corrected chi connectivity index (χ3v) is 4.52. The maximum atomic E-state index is 13.5. The van der Waals surface area contributed by atoms with Crippen LogP contribution >= 0.6 is 11.6 Å². The number of aromatic nitrogens is 1. The normalized spacial score (nSPS) is 10.3. The molecule has 1 heterocycles. The van der Waals surface area contributed by atoms with Gasteiger partial charge in [0.15, 0.2) is 0 Å². The lowest BCUT2D eigenvalue weighted by Crippen LogP contribution is -2.18. The number of aryl methyl sites for hydroxylation is 1. The summed E-state index contributed by atoms with van der Waals surface area (Å²) in [6.07, 6.45) is 0.794. The highest BCUT2D eigenvalue weighted by atomic mass is 35.5. The highest BCUT2D eigenvalue weighted by Crippen LogP contribution is 2.26. The number of hydrogen-bond acceptors (Lipinski definition) is 5. The van der Waals surface area contributed by atoms with Crippen LogP contribution in [-0.2, 0) is 11.3 Å². The molecule has 1 aromatic heterocycles. The van der Waals surface area contributed by atoms with Gasteiger partial charge >= 0.3 is 6.09 Å². The second kappa shape index (κ2) is 9.90. The largest absolute Gasteiger partial charge is 0.457 e. The molecule has 0 unspecified atom stereocenters. The number of pyridine rings is 1. The van der Waals surface area contributed by atoms with Crippen LogP contribution in [-0.4, -0.2) is 24.0 Å². The van der Waals surface area contributed by atoms with Gasteiger partial charge < -0.3 is 14.8 Å². The van der Waals surface area contributed by atoms with Crippen LogP contribution in [0, 0.1) is 12.7 Å². The van der Waals surface area contributed by atoms with Crippen molar-refractivity contribution in [1.29, 1.82) is 0 Å². The Kier molecular flexibility index (Phi) is 7.04. The van der Waals surface area contributed by atoms with Gasteiger partial charge in [0.05, 0.1) is 5.02 Å². The van der Waals surface area contributed by atoms with Crippen molar-refractivity contribution < 1.29 is 23.5 Å². The number of benzene rings is 2. The van der Waals surface area contributed by atoms with Gasteiger partial charge in [-0.05, 0) is 54.4 Å². The molecule has 0 aliphatic carbocycles. The van der Waals surface area contributed by atoms with E-state index in [1.54, 1.807) is 37.3 Å². The van der Waals surface area contributed by atoms with Crippen molar-refractivity contribution >= 4 is 29.3 Å². The molecule has 0 radical (unpaired) electrons. The van der Waals surface area contributed by atoms with Crippen molar-refractivity contribution in [3.8, 4) is 11.5 Å². The van der Waals surface area contributed by atoms with Gasteiger partial charge in [0.1, 0.15) is 29.6 Å². The molecule has 0 saturated carbocycles. The Labute approximate surface area is 183 Å². The summed E-state index contributed by atoms with van der Waals surface area (Å²) >= 11 is 5.63. The summed E-state index contributed by atoms with van der Waals surface area (Å²) in [5.41, 5.74) is 1.97. The van der Waals surface area contributed by atoms with E-state index in [-0.39, 0.29) is 23.2 Å². The molecule has 160 valence electrons. The number of amides is 2. The van der Waals surface area contributed by atoms with Gasteiger partial charge in [-0.25, -0.2) is 9.18 Å². The fraction of sp³-hybridized carbons (Fsp3) is 0.136. The Bertz CT molecular complexity index is 1120. The molecule has 0 aliphatic heterocycles. The zero-order chi connectivity index (χ0) is 22.4. The molecule has 0 saturated heterocycles. The fourth-order valence-corrected chi connectivity index (χ4v) is 2.74. The topological polar surface area (TPSA) is 89.6 Å². The van der Waals surface area contributed by atoms with Gasteiger partial charge in [-0.3, -0.25) is 15.1 Å². The summed E-state index contributed by atoms with van der Waals surface area (Å²) in [5, 5.41) is 5.13. The first-order valence-corrected chi connectivity index (χ1v) is 9.58. The minimum atomic E-state index is -0.684. The highest BCUT2D eigenvalue weighted by molar-refractivity contribution is 6.30. The molecule has 0 spiro atoms. The van der Waals surface area contributed by atoms with Crippen molar-refractivity contribution in [1.82, 2.24) is 10.3 Å². The van der Waals surface area contributed by atoms with Crippen molar-refractivity contribution in [2.45, 2.75) is 13.5 Å². The van der Waals surface area contributed by atoms with E-state index in [0.717, 1.165) is 5.56 Å². The lowest BCUT2D eigenvalue weighted by atomic mass is 10.2. The molecule has 0 aliphatic rings. The summed E-state index contributed by atoms with van der Waals surface area (Å²) in [7, 11) is 1.52. The summed E-state index contributed by atoms with van der Waals surface area (Å²) < 4.78 is 24.3. The third kappa shape index (κ3) is 5.93. The number of halogens is 2. The Hall–Kier alpha value is -3.65. The average molecular weight is 444 g/mol. The molecule has 0 fully saturated rings. The van der Waals surface area contributed by atoms with Crippen molar-refractivity contribution in [3.05, 3.63) is 82.4 Å². The molecular formula is C22H19ClFN3O4. The van der Waals surface area contributed by atoms with Crippen LogP contribution < -0.4 is 15.4 Å².